The van der Waals surface area contributed by atoms with E-state index in [2.05, 4.69) is 34.5 Å². The molecule has 12 unspecified atom stereocenters. The van der Waals surface area contributed by atoms with Crippen molar-refractivity contribution in [1.29, 1.82) is 0 Å². The van der Waals surface area contributed by atoms with Gasteiger partial charge in [-0.1, -0.05) is 0 Å². The van der Waals surface area contributed by atoms with Crippen molar-refractivity contribution < 1.29 is 189 Å². The van der Waals surface area contributed by atoms with E-state index in [0.29, 0.717) is 0 Å². The molecular formula is H24O36P16Pt. The minimum atomic E-state index is -5.25. The molecule has 0 aliphatic rings. The molecule has 36 nitrogen and oxygen atoms in total. The third-order valence-corrected chi connectivity index (χ3v) is 18.9. The molecule has 0 aromatic carbocycles. The Morgan fingerprint density at radius 1 is 0.245 bits per heavy atom. The van der Waals surface area contributed by atoms with Crippen molar-refractivity contribution in [2.45, 2.75) is 0 Å². The van der Waals surface area contributed by atoms with Gasteiger partial charge in [0.15, 0.2) is 0 Å². The predicted molar refractivity (Wildman–Crippen MR) is 174 cm³/mol. The van der Waals surface area contributed by atoms with Crippen molar-refractivity contribution in [3.05, 3.63) is 0 Å². The molecule has 0 heterocycles. The minimum Gasteiger partial charge on any atom is -0.321 e. The topological polar surface area (TPSA) is 602 Å². The van der Waals surface area contributed by atoms with Crippen LogP contribution in [0.5, 0.6) is 0 Å². The Balaban J connectivity index is -0.000000192. The zero-order valence-corrected chi connectivity index (χ0v) is 40.9. The molecule has 0 amide bonds. The first kappa shape index (κ1) is 66.3. The van der Waals surface area contributed by atoms with E-state index in [1.165, 1.54) is 35.7 Å². The van der Waals surface area contributed by atoms with Crippen LogP contribution in [0, 0.1) is 0 Å². The van der Waals surface area contributed by atoms with Crippen LogP contribution in [0.4, 0.5) is 0 Å². The summed E-state index contributed by atoms with van der Waals surface area (Å²) in [4.78, 5) is 132. The summed E-state index contributed by atoms with van der Waals surface area (Å²) in [5.41, 5.74) is 0. The van der Waals surface area contributed by atoms with Crippen molar-refractivity contribution in [1.82, 2.24) is 0 Å². The van der Waals surface area contributed by atoms with Crippen LogP contribution in [0.3, 0.4) is 0 Å². The molecule has 0 aromatic rings. The fourth-order valence-corrected chi connectivity index (χ4v) is 16.1. The Labute approximate surface area is 315 Å². The minimum absolute atomic E-state index is 0. The van der Waals surface area contributed by atoms with Crippen molar-refractivity contribution in [3.8, 4) is 0 Å². The van der Waals surface area contributed by atoms with Crippen molar-refractivity contribution >= 4 is 127 Å². The van der Waals surface area contributed by atoms with Crippen LogP contribution in [-0.4, -0.2) is 78.3 Å². The molecule has 330 valence electrons. The predicted octanol–water partition coefficient (Wildman–Crippen LogP) is 0.750. The van der Waals surface area contributed by atoms with Gasteiger partial charge < -0.3 is 78.3 Å². The molecular weight excluding hydrogens is 1270 g/mol. The van der Waals surface area contributed by atoms with Crippen LogP contribution < -0.4 is 0 Å². The van der Waals surface area contributed by atoms with Crippen LogP contribution in [0.1, 0.15) is 0 Å². The van der Waals surface area contributed by atoms with Gasteiger partial charge in [0.2, 0.25) is 0 Å². The van der Waals surface area contributed by atoms with Gasteiger partial charge in [-0.25, -0.2) is 53.8 Å². The number of rotatable bonds is 16. The first-order valence-corrected chi connectivity index (χ1v) is 34.2. The molecule has 0 rings (SSSR count). The van der Waals surface area contributed by atoms with Crippen molar-refractivity contribution in [2.24, 2.45) is 0 Å². The summed E-state index contributed by atoms with van der Waals surface area (Å²) in [5.74, 6) is 0. The van der Waals surface area contributed by atoms with Crippen LogP contribution in [0.15, 0.2) is 0 Å². The van der Waals surface area contributed by atoms with E-state index in [-0.39, 0.29) is 21.1 Å². The van der Waals surface area contributed by atoms with E-state index >= 15 is 0 Å². The van der Waals surface area contributed by atoms with Gasteiger partial charge in [0.25, 0.3) is 0 Å². The standard InChI is InChI=1S/4H6O9P4.Pt/c4*1-11(2,3)8-12(4,5)9-13(6,7)10;/h4*10H2,(H,4,5)(H,6,7)(H2,1,2,3);. The Kier molecular flexibility index (Phi) is 30.2. The second-order valence-electron chi connectivity index (χ2n) is 6.75. The second-order valence-corrected chi connectivity index (χ2v) is 32.0. The van der Waals surface area contributed by atoms with Crippen molar-refractivity contribution in [3.63, 3.8) is 0 Å². The molecule has 0 fully saturated rings. The zero-order valence-electron chi connectivity index (χ0n) is 23.3. The van der Waals surface area contributed by atoms with Crippen LogP contribution in [0.2, 0.25) is 0 Å². The fraction of sp³-hybridized carbons (Fsp3) is 0. The average molecular weight is 1290 g/mol. The summed E-state index contributed by atoms with van der Waals surface area (Å²) >= 11 is 0. The van der Waals surface area contributed by atoms with E-state index in [1.54, 1.807) is 0 Å². The van der Waals surface area contributed by atoms with Gasteiger partial charge >= 0.3 is 91.7 Å². The zero-order chi connectivity index (χ0) is 43.7. The molecule has 0 saturated carbocycles. The van der Waals surface area contributed by atoms with E-state index in [9.17, 15) is 54.8 Å². The molecule has 0 spiro atoms. The molecule has 53 heteroatoms. The van der Waals surface area contributed by atoms with Gasteiger partial charge in [-0.15, -0.1) is 0 Å². The Bertz CT molecular complexity index is 1360. The molecule has 0 saturated heterocycles. The summed E-state index contributed by atoms with van der Waals surface area (Å²) in [6, 6.07) is 0. The SMILES string of the molecule is O=P(O)(O)OP(=O)(O)OP(=O)(O)P.O=P(O)(O)OP(=O)(O)OP(=O)(O)P.O=P(O)(O)OP(=O)(O)OP(=O)(O)P.O=P(O)(O)OP(=O)(O)OP(=O)(O)P.[Pt]. The van der Waals surface area contributed by atoms with Gasteiger partial charge in [-0.05, 0) is 35.7 Å². The number of hydrogen-bond donors (Lipinski definition) is 16. The molecule has 16 N–H and O–H groups in total. The summed E-state index contributed by atoms with van der Waals surface area (Å²) in [6.45, 7) is 0. The third-order valence-electron chi connectivity index (χ3n) is 1.72. The van der Waals surface area contributed by atoms with Gasteiger partial charge in [0, 0.05) is 21.1 Å². The van der Waals surface area contributed by atoms with Crippen LogP contribution in [0.25, 0.3) is 0 Å². The number of hydrogen-bond acceptors (Lipinski definition) is 20. The number of phosphoric acid groups is 8. The third kappa shape index (κ3) is 60.6. The first-order chi connectivity index (χ1) is 21.7. The van der Waals surface area contributed by atoms with E-state index in [0.717, 1.165) is 0 Å². The molecule has 0 aliphatic heterocycles. The maximum Gasteiger partial charge on any atom is 0.488 e. The van der Waals surface area contributed by atoms with Gasteiger partial charge in [-0.3, -0.25) is 18.3 Å². The second kappa shape index (κ2) is 24.2. The largest absolute Gasteiger partial charge is 0.488 e. The van der Waals surface area contributed by atoms with Crippen molar-refractivity contribution in [2.75, 3.05) is 0 Å². The smallest absolute Gasteiger partial charge is 0.321 e. The Morgan fingerprint density at radius 2 is 0.340 bits per heavy atom. The average Bonchev–Trinajstić information content (AvgIpc) is 2.51. The monoisotopic (exact) mass is 1290 g/mol. The maximum absolute atomic E-state index is 10.5. The molecule has 0 aromatic heterocycles. The van der Waals surface area contributed by atoms with Crippen LogP contribution in [-0.2, 0) is 110 Å². The summed E-state index contributed by atoms with van der Waals surface area (Å²) in [5, 5.41) is 0. The van der Waals surface area contributed by atoms with Crippen LogP contribution >= 0.6 is 127 Å². The summed E-state index contributed by atoms with van der Waals surface area (Å²) < 4.78 is 150. The fourth-order valence-electron chi connectivity index (χ4n) is 1.19. The molecule has 0 radical (unpaired) electrons. The van der Waals surface area contributed by atoms with Gasteiger partial charge in [0.05, 0.1) is 0 Å². The van der Waals surface area contributed by atoms with Gasteiger partial charge in [0.1, 0.15) is 0 Å². The molecule has 0 bridgehead atoms. The Hall–Kier alpha value is 4.21. The molecule has 0 aliphatic carbocycles. The summed E-state index contributed by atoms with van der Waals surface area (Å²) in [6.07, 6.45) is 0. The first-order valence-electron chi connectivity index (χ1n) is 9.34. The molecule has 53 heavy (non-hydrogen) atoms. The Morgan fingerprint density at radius 3 is 0.396 bits per heavy atom. The van der Waals surface area contributed by atoms with E-state index in [1.807, 2.05) is 0 Å². The van der Waals surface area contributed by atoms with E-state index < -0.39 is 91.7 Å². The quantitative estimate of drug-likeness (QED) is 0.0948. The normalized spacial score (nSPS) is 21.5. The summed E-state index contributed by atoms with van der Waals surface area (Å²) in [7, 11) is -55.0. The molecule has 12 atom stereocenters. The van der Waals surface area contributed by atoms with Gasteiger partial charge in [-0.2, -0.15) is 17.2 Å². The maximum atomic E-state index is 10.5. The van der Waals surface area contributed by atoms with E-state index in [4.69, 9.17) is 78.3 Å².